The van der Waals surface area contributed by atoms with Crippen molar-refractivity contribution in [2.75, 3.05) is 0 Å². The van der Waals surface area contributed by atoms with Crippen LogP contribution < -0.4 is 0 Å². The van der Waals surface area contributed by atoms with Gasteiger partial charge in [0.2, 0.25) is 0 Å². The molecular formula is C15H20. The highest BCUT2D eigenvalue weighted by molar-refractivity contribution is 5.15. The molecule has 1 aliphatic rings. The van der Waals surface area contributed by atoms with E-state index in [1.165, 1.54) is 37.7 Å². The molecule has 1 aromatic carbocycles. The quantitative estimate of drug-likeness (QED) is 0.636. The van der Waals surface area contributed by atoms with Crippen LogP contribution in [0.3, 0.4) is 0 Å². The lowest BCUT2D eigenvalue weighted by molar-refractivity contribution is 0.433. The van der Waals surface area contributed by atoms with Crippen molar-refractivity contribution in [2.24, 2.45) is 5.92 Å². The number of hydrogen-bond acceptors (Lipinski definition) is 0. The molecule has 0 N–H and O–H groups in total. The van der Waals surface area contributed by atoms with Gasteiger partial charge in [-0.2, -0.15) is 0 Å². The second kappa shape index (κ2) is 5.16. The van der Waals surface area contributed by atoms with E-state index in [9.17, 15) is 0 Å². The van der Waals surface area contributed by atoms with Crippen LogP contribution in [-0.4, -0.2) is 0 Å². The highest BCUT2D eigenvalue weighted by atomic mass is 14.2. The predicted molar refractivity (Wildman–Crippen MR) is 65.9 cm³/mol. The number of aryl methyl sites for hydroxylation is 1. The van der Waals surface area contributed by atoms with Crippen LogP contribution in [0.2, 0.25) is 0 Å². The zero-order valence-corrected chi connectivity index (χ0v) is 9.58. The van der Waals surface area contributed by atoms with Gasteiger partial charge in [0.1, 0.15) is 0 Å². The van der Waals surface area contributed by atoms with Crippen molar-refractivity contribution in [2.45, 2.75) is 39.0 Å². The third-order valence-corrected chi connectivity index (χ3v) is 3.36. The molecule has 0 saturated heterocycles. The standard InChI is InChI=1S/C15H20/c1-13-6-5-9-15(12-13)11-10-14-7-3-2-4-8-14/h2-4,6-8,15H,5,9-12H2,1H3. The molecule has 1 atom stereocenters. The molecular weight excluding hydrogens is 180 g/mol. The summed E-state index contributed by atoms with van der Waals surface area (Å²) in [6.45, 7) is 2.27. The fourth-order valence-corrected chi connectivity index (χ4v) is 2.47. The van der Waals surface area contributed by atoms with Crippen molar-refractivity contribution >= 4 is 0 Å². The molecule has 1 aromatic rings. The lowest BCUT2D eigenvalue weighted by Gasteiger charge is -2.20. The van der Waals surface area contributed by atoms with E-state index in [-0.39, 0.29) is 0 Å². The monoisotopic (exact) mass is 200 g/mol. The first-order valence-electron chi connectivity index (χ1n) is 6.04. The molecule has 1 unspecified atom stereocenters. The third-order valence-electron chi connectivity index (χ3n) is 3.36. The molecule has 0 heterocycles. The third kappa shape index (κ3) is 3.23. The Bertz CT molecular complexity index is 321. The molecule has 80 valence electrons. The minimum Gasteiger partial charge on any atom is -0.0856 e. The number of allylic oxidation sites excluding steroid dienone is 2. The van der Waals surface area contributed by atoms with Gasteiger partial charge in [-0.15, -0.1) is 0 Å². The maximum absolute atomic E-state index is 2.40. The van der Waals surface area contributed by atoms with Crippen LogP contribution in [0.15, 0.2) is 42.0 Å². The van der Waals surface area contributed by atoms with Crippen LogP contribution in [0.4, 0.5) is 0 Å². The smallest absolute Gasteiger partial charge is 0.0276 e. The summed E-state index contributed by atoms with van der Waals surface area (Å²) in [5.74, 6) is 0.926. The van der Waals surface area contributed by atoms with E-state index in [0.29, 0.717) is 0 Å². The Kier molecular flexibility index (Phi) is 3.60. The Balaban J connectivity index is 1.81. The fraction of sp³-hybridized carbons (Fsp3) is 0.467. The molecule has 0 spiro atoms. The molecule has 0 saturated carbocycles. The Morgan fingerprint density at radius 3 is 2.73 bits per heavy atom. The van der Waals surface area contributed by atoms with Gasteiger partial charge in [-0.25, -0.2) is 0 Å². The van der Waals surface area contributed by atoms with Gasteiger partial charge < -0.3 is 0 Å². The second-order valence-electron chi connectivity index (χ2n) is 4.72. The fourth-order valence-electron chi connectivity index (χ4n) is 2.47. The van der Waals surface area contributed by atoms with Crippen LogP contribution in [0.5, 0.6) is 0 Å². The molecule has 0 heteroatoms. The lowest BCUT2D eigenvalue weighted by atomic mass is 9.85. The first-order chi connectivity index (χ1) is 7.34. The maximum atomic E-state index is 2.40. The summed E-state index contributed by atoms with van der Waals surface area (Å²) in [6.07, 6.45) is 9.02. The maximum Gasteiger partial charge on any atom is -0.0276 e. The molecule has 0 bridgehead atoms. The van der Waals surface area contributed by atoms with Gasteiger partial charge in [0.25, 0.3) is 0 Å². The predicted octanol–water partition coefficient (Wildman–Crippen LogP) is 4.37. The topological polar surface area (TPSA) is 0 Å². The van der Waals surface area contributed by atoms with Gasteiger partial charge in [0.05, 0.1) is 0 Å². The lowest BCUT2D eigenvalue weighted by Crippen LogP contribution is -2.06. The molecule has 0 fully saturated rings. The van der Waals surface area contributed by atoms with Gasteiger partial charge >= 0.3 is 0 Å². The normalized spacial score (nSPS) is 21.1. The first kappa shape index (κ1) is 10.5. The molecule has 2 rings (SSSR count). The Labute approximate surface area is 93.0 Å². The minimum atomic E-state index is 0.926. The minimum absolute atomic E-state index is 0.926. The molecule has 15 heavy (non-hydrogen) atoms. The Morgan fingerprint density at radius 1 is 1.20 bits per heavy atom. The average molecular weight is 200 g/mol. The Hall–Kier alpha value is -1.04. The largest absolute Gasteiger partial charge is 0.0856 e. The van der Waals surface area contributed by atoms with Crippen molar-refractivity contribution in [3.8, 4) is 0 Å². The van der Waals surface area contributed by atoms with Crippen molar-refractivity contribution in [3.05, 3.63) is 47.5 Å². The number of benzene rings is 1. The van der Waals surface area contributed by atoms with Gasteiger partial charge in [-0.05, 0) is 50.5 Å². The van der Waals surface area contributed by atoms with E-state index in [0.717, 1.165) is 5.92 Å². The molecule has 0 aromatic heterocycles. The highest BCUT2D eigenvalue weighted by Crippen LogP contribution is 2.27. The van der Waals surface area contributed by atoms with Crippen molar-refractivity contribution < 1.29 is 0 Å². The molecule has 0 aliphatic heterocycles. The van der Waals surface area contributed by atoms with E-state index in [2.05, 4.69) is 43.3 Å². The van der Waals surface area contributed by atoms with Crippen molar-refractivity contribution in [3.63, 3.8) is 0 Å². The molecule has 0 amide bonds. The molecule has 0 nitrogen and oxygen atoms in total. The summed E-state index contributed by atoms with van der Waals surface area (Å²) >= 11 is 0. The van der Waals surface area contributed by atoms with Crippen LogP contribution in [0, 0.1) is 5.92 Å². The van der Waals surface area contributed by atoms with Crippen LogP contribution in [-0.2, 0) is 6.42 Å². The Morgan fingerprint density at radius 2 is 2.00 bits per heavy atom. The van der Waals surface area contributed by atoms with Crippen LogP contribution >= 0.6 is 0 Å². The van der Waals surface area contributed by atoms with E-state index >= 15 is 0 Å². The SMILES string of the molecule is CC1=CCCC(CCc2ccccc2)C1. The zero-order valence-electron chi connectivity index (χ0n) is 9.58. The van der Waals surface area contributed by atoms with E-state index in [1.807, 2.05) is 0 Å². The second-order valence-corrected chi connectivity index (χ2v) is 4.72. The van der Waals surface area contributed by atoms with Gasteiger partial charge in [0.15, 0.2) is 0 Å². The highest BCUT2D eigenvalue weighted by Gasteiger charge is 2.12. The summed E-state index contributed by atoms with van der Waals surface area (Å²) in [7, 11) is 0. The molecule has 0 radical (unpaired) electrons. The van der Waals surface area contributed by atoms with E-state index < -0.39 is 0 Å². The van der Waals surface area contributed by atoms with Gasteiger partial charge in [-0.3, -0.25) is 0 Å². The summed E-state index contributed by atoms with van der Waals surface area (Å²) < 4.78 is 0. The number of rotatable bonds is 3. The van der Waals surface area contributed by atoms with Gasteiger partial charge in [-0.1, -0.05) is 42.0 Å². The zero-order chi connectivity index (χ0) is 10.5. The molecule has 1 aliphatic carbocycles. The van der Waals surface area contributed by atoms with E-state index in [1.54, 1.807) is 5.57 Å². The average Bonchev–Trinajstić information content (AvgIpc) is 2.28. The van der Waals surface area contributed by atoms with E-state index in [4.69, 9.17) is 0 Å². The summed E-state index contributed by atoms with van der Waals surface area (Å²) in [5, 5.41) is 0. The van der Waals surface area contributed by atoms with Crippen LogP contribution in [0.1, 0.15) is 38.2 Å². The number of hydrogen-bond donors (Lipinski definition) is 0. The van der Waals surface area contributed by atoms with Gasteiger partial charge in [0, 0.05) is 0 Å². The summed E-state index contributed by atoms with van der Waals surface area (Å²) in [5.41, 5.74) is 3.09. The summed E-state index contributed by atoms with van der Waals surface area (Å²) in [6, 6.07) is 10.9. The first-order valence-corrected chi connectivity index (χ1v) is 6.04. The van der Waals surface area contributed by atoms with Crippen LogP contribution in [0.25, 0.3) is 0 Å². The van der Waals surface area contributed by atoms with Crippen molar-refractivity contribution in [1.29, 1.82) is 0 Å². The summed E-state index contributed by atoms with van der Waals surface area (Å²) in [4.78, 5) is 0. The van der Waals surface area contributed by atoms with Crippen molar-refractivity contribution in [1.82, 2.24) is 0 Å².